The summed E-state index contributed by atoms with van der Waals surface area (Å²) in [4.78, 5) is 15.5. The minimum atomic E-state index is -0.655. The number of aromatic nitrogens is 4. The first kappa shape index (κ1) is 16.0. The highest BCUT2D eigenvalue weighted by Gasteiger charge is 2.19. The van der Waals surface area contributed by atoms with E-state index in [1.54, 1.807) is 18.9 Å². The van der Waals surface area contributed by atoms with Crippen LogP contribution in [0, 0.1) is 0 Å². The molecular weight excluding hydrogens is 322 g/mol. The highest BCUT2D eigenvalue weighted by Crippen LogP contribution is 2.24. The Morgan fingerprint density at radius 3 is 2.92 bits per heavy atom. The number of nitrogens with zero attached hydrogens (tertiary/aromatic N) is 5. The third-order valence-corrected chi connectivity index (χ3v) is 4.33. The van der Waals surface area contributed by atoms with Gasteiger partial charge >= 0.3 is 0 Å². The lowest BCUT2D eigenvalue weighted by Crippen LogP contribution is -2.22. The standard InChI is InChI=1S/C17H21N5O3/c23-13(9-24-10-14-4-3-7-25-14)8-22-12-20-15-16(18-11-19-17(15)22)21-5-1-2-6-21/h3-4,7,11-13,23H,1-2,5-6,8-10H2. The van der Waals surface area contributed by atoms with Crippen molar-refractivity contribution in [3.63, 3.8) is 0 Å². The molecule has 0 amide bonds. The number of ether oxygens (including phenoxy) is 1. The average Bonchev–Trinajstić information content (AvgIpc) is 3.37. The first-order valence-corrected chi connectivity index (χ1v) is 8.50. The monoisotopic (exact) mass is 343 g/mol. The lowest BCUT2D eigenvalue weighted by molar-refractivity contribution is 0.0151. The van der Waals surface area contributed by atoms with Gasteiger partial charge in [0.1, 0.15) is 18.7 Å². The molecule has 3 aromatic heterocycles. The molecule has 1 aliphatic rings. The van der Waals surface area contributed by atoms with Gasteiger partial charge in [-0.05, 0) is 25.0 Å². The van der Waals surface area contributed by atoms with E-state index in [2.05, 4.69) is 19.9 Å². The van der Waals surface area contributed by atoms with Gasteiger partial charge in [0.05, 0.1) is 31.8 Å². The van der Waals surface area contributed by atoms with Crippen LogP contribution in [-0.2, 0) is 17.9 Å². The molecule has 0 spiro atoms. The molecule has 0 aliphatic carbocycles. The van der Waals surface area contributed by atoms with Crippen LogP contribution in [0.4, 0.5) is 5.82 Å². The van der Waals surface area contributed by atoms with Crippen molar-refractivity contribution in [1.82, 2.24) is 19.5 Å². The van der Waals surface area contributed by atoms with E-state index in [-0.39, 0.29) is 6.61 Å². The number of furan rings is 1. The van der Waals surface area contributed by atoms with Crippen LogP contribution in [0.3, 0.4) is 0 Å². The van der Waals surface area contributed by atoms with E-state index >= 15 is 0 Å². The van der Waals surface area contributed by atoms with Crippen molar-refractivity contribution in [1.29, 1.82) is 0 Å². The van der Waals surface area contributed by atoms with E-state index in [1.165, 1.54) is 12.8 Å². The first-order chi connectivity index (χ1) is 12.3. The maximum absolute atomic E-state index is 10.2. The third kappa shape index (κ3) is 3.49. The third-order valence-electron chi connectivity index (χ3n) is 4.33. The largest absolute Gasteiger partial charge is 0.467 e. The van der Waals surface area contributed by atoms with Crippen LogP contribution < -0.4 is 4.90 Å². The molecule has 8 nitrogen and oxygen atoms in total. The molecule has 1 fully saturated rings. The minimum Gasteiger partial charge on any atom is -0.467 e. The second-order valence-electron chi connectivity index (χ2n) is 6.21. The molecule has 25 heavy (non-hydrogen) atoms. The molecule has 0 bridgehead atoms. The van der Waals surface area contributed by atoms with Crippen molar-refractivity contribution >= 4 is 17.0 Å². The zero-order chi connectivity index (χ0) is 17.1. The summed E-state index contributed by atoms with van der Waals surface area (Å²) in [6.45, 7) is 2.93. The van der Waals surface area contributed by atoms with Gasteiger partial charge in [-0.1, -0.05) is 0 Å². The molecule has 4 heterocycles. The summed E-state index contributed by atoms with van der Waals surface area (Å²) in [6, 6.07) is 3.65. The van der Waals surface area contributed by atoms with E-state index in [0.717, 1.165) is 35.8 Å². The van der Waals surface area contributed by atoms with Crippen LogP contribution in [0.5, 0.6) is 0 Å². The Morgan fingerprint density at radius 2 is 2.12 bits per heavy atom. The van der Waals surface area contributed by atoms with Gasteiger partial charge in [0, 0.05) is 13.1 Å². The summed E-state index contributed by atoms with van der Waals surface area (Å²) in [5.41, 5.74) is 1.52. The predicted octanol–water partition coefficient (Wildman–Crippen LogP) is 1.60. The Labute approximate surface area is 145 Å². The molecule has 132 valence electrons. The molecule has 0 saturated carbocycles. The Hall–Kier alpha value is -2.45. The average molecular weight is 343 g/mol. The van der Waals surface area contributed by atoms with E-state index in [4.69, 9.17) is 9.15 Å². The predicted molar refractivity (Wildman–Crippen MR) is 91.1 cm³/mol. The van der Waals surface area contributed by atoms with Crippen molar-refractivity contribution in [3.8, 4) is 0 Å². The lowest BCUT2D eigenvalue weighted by Gasteiger charge is -2.16. The van der Waals surface area contributed by atoms with Crippen LogP contribution in [-0.4, -0.2) is 50.4 Å². The lowest BCUT2D eigenvalue weighted by atomic mass is 10.3. The van der Waals surface area contributed by atoms with Crippen molar-refractivity contribution in [3.05, 3.63) is 36.8 Å². The quantitative estimate of drug-likeness (QED) is 0.697. The van der Waals surface area contributed by atoms with Gasteiger partial charge in [-0.25, -0.2) is 15.0 Å². The second kappa shape index (κ2) is 7.20. The van der Waals surface area contributed by atoms with Crippen LogP contribution in [0.1, 0.15) is 18.6 Å². The molecule has 1 N–H and O–H groups in total. The van der Waals surface area contributed by atoms with Crippen LogP contribution in [0.2, 0.25) is 0 Å². The molecule has 1 atom stereocenters. The zero-order valence-electron chi connectivity index (χ0n) is 13.9. The summed E-state index contributed by atoms with van der Waals surface area (Å²) >= 11 is 0. The summed E-state index contributed by atoms with van der Waals surface area (Å²) in [6.07, 6.45) is 6.57. The molecule has 4 rings (SSSR count). The Bertz CT molecular complexity index is 811. The van der Waals surface area contributed by atoms with Crippen LogP contribution in [0.25, 0.3) is 11.2 Å². The number of aliphatic hydroxyl groups excluding tert-OH is 1. The van der Waals surface area contributed by atoms with Gasteiger partial charge in [0.15, 0.2) is 17.0 Å². The highest BCUT2D eigenvalue weighted by molar-refractivity contribution is 5.83. The number of hydrogen-bond donors (Lipinski definition) is 1. The summed E-state index contributed by atoms with van der Waals surface area (Å²) < 4.78 is 12.5. The number of hydrogen-bond acceptors (Lipinski definition) is 7. The molecular formula is C17H21N5O3. The number of anilines is 1. The van der Waals surface area contributed by atoms with Crippen molar-refractivity contribution in [2.24, 2.45) is 0 Å². The fourth-order valence-corrected chi connectivity index (χ4v) is 3.13. The number of fused-ring (bicyclic) bond motifs is 1. The summed E-state index contributed by atoms with van der Waals surface area (Å²) in [7, 11) is 0. The minimum absolute atomic E-state index is 0.213. The second-order valence-corrected chi connectivity index (χ2v) is 6.21. The van der Waals surface area contributed by atoms with Gasteiger partial charge < -0.3 is 23.7 Å². The van der Waals surface area contributed by atoms with E-state index in [0.29, 0.717) is 13.2 Å². The SMILES string of the molecule is OC(COCc1ccco1)Cn1cnc2c(N3CCCC3)ncnc21. The smallest absolute Gasteiger partial charge is 0.165 e. The maximum Gasteiger partial charge on any atom is 0.165 e. The van der Waals surface area contributed by atoms with Gasteiger partial charge in [0.2, 0.25) is 0 Å². The maximum atomic E-state index is 10.2. The normalized spacial score (nSPS) is 16.0. The van der Waals surface area contributed by atoms with E-state index in [9.17, 15) is 5.11 Å². The number of rotatable bonds is 7. The molecule has 8 heteroatoms. The Morgan fingerprint density at radius 1 is 1.24 bits per heavy atom. The highest BCUT2D eigenvalue weighted by atomic mass is 16.5. The van der Waals surface area contributed by atoms with Gasteiger partial charge in [-0.2, -0.15) is 0 Å². The van der Waals surface area contributed by atoms with E-state index in [1.807, 2.05) is 16.7 Å². The topological polar surface area (TPSA) is 89.4 Å². The molecule has 1 unspecified atom stereocenters. The van der Waals surface area contributed by atoms with Gasteiger partial charge in [-0.3, -0.25) is 0 Å². The fourth-order valence-electron chi connectivity index (χ4n) is 3.13. The molecule has 0 radical (unpaired) electrons. The molecule has 0 aromatic carbocycles. The fraction of sp³-hybridized carbons (Fsp3) is 0.471. The van der Waals surface area contributed by atoms with E-state index < -0.39 is 6.10 Å². The molecule has 3 aromatic rings. The van der Waals surface area contributed by atoms with Crippen molar-refractivity contribution in [2.45, 2.75) is 32.1 Å². The Balaban J connectivity index is 1.41. The Kier molecular flexibility index (Phi) is 4.62. The molecule has 1 saturated heterocycles. The van der Waals surface area contributed by atoms with Crippen LogP contribution in [0.15, 0.2) is 35.5 Å². The summed E-state index contributed by atoms with van der Waals surface area (Å²) in [5.74, 6) is 1.62. The first-order valence-electron chi connectivity index (χ1n) is 8.50. The molecule has 1 aliphatic heterocycles. The van der Waals surface area contributed by atoms with Gasteiger partial charge in [-0.15, -0.1) is 0 Å². The van der Waals surface area contributed by atoms with Crippen molar-refractivity contribution < 1.29 is 14.3 Å². The number of aliphatic hydroxyl groups is 1. The van der Waals surface area contributed by atoms with Crippen molar-refractivity contribution in [2.75, 3.05) is 24.6 Å². The zero-order valence-corrected chi connectivity index (χ0v) is 13.9. The number of imidazole rings is 1. The van der Waals surface area contributed by atoms with Gasteiger partial charge in [0.25, 0.3) is 0 Å². The summed E-state index contributed by atoms with van der Waals surface area (Å²) in [5, 5.41) is 10.2. The van der Waals surface area contributed by atoms with Crippen LogP contribution >= 0.6 is 0 Å².